The van der Waals surface area contributed by atoms with Crippen LogP contribution in [0, 0.1) is 13.8 Å². The Morgan fingerprint density at radius 1 is 1.31 bits per heavy atom. The lowest BCUT2D eigenvalue weighted by molar-refractivity contribution is 0.177. The van der Waals surface area contributed by atoms with E-state index in [0.717, 1.165) is 21.8 Å². The van der Waals surface area contributed by atoms with Crippen LogP contribution >= 0.6 is 11.3 Å². The number of hydrogen-bond acceptors (Lipinski definition) is 3. The van der Waals surface area contributed by atoms with Crippen LogP contribution in [0.25, 0.3) is 0 Å². The Kier molecular flexibility index (Phi) is 3.36. The lowest BCUT2D eigenvalue weighted by Gasteiger charge is -2.11. The van der Waals surface area contributed by atoms with E-state index < -0.39 is 6.10 Å². The SMILES string of the molecule is Cc1csc(CC(O)c2ccccc2C)n1. The zero-order chi connectivity index (χ0) is 11.5. The predicted molar refractivity (Wildman–Crippen MR) is 66.7 cm³/mol. The second kappa shape index (κ2) is 4.76. The minimum absolute atomic E-state index is 0.452. The van der Waals surface area contributed by atoms with Crippen LogP contribution in [0.2, 0.25) is 0 Å². The number of aliphatic hydroxyl groups is 1. The van der Waals surface area contributed by atoms with Crippen molar-refractivity contribution in [1.82, 2.24) is 4.98 Å². The van der Waals surface area contributed by atoms with E-state index in [4.69, 9.17) is 0 Å². The first-order valence-corrected chi connectivity index (χ1v) is 6.19. The minimum atomic E-state index is -0.452. The molecule has 3 heteroatoms. The van der Waals surface area contributed by atoms with Gasteiger partial charge in [0, 0.05) is 17.5 Å². The highest BCUT2D eigenvalue weighted by Crippen LogP contribution is 2.22. The molecule has 1 aromatic heterocycles. The van der Waals surface area contributed by atoms with Crippen molar-refractivity contribution < 1.29 is 5.11 Å². The van der Waals surface area contributed by atoms with Crippen molar-refractivity contribution >= 4 is 11.3 Å². The van der Waals surface area contributed by atoms with E-state index in [0.29, 0.717) is 6.42 Å². The number of aliphatic hydroxyl groups excluding tert-OH is 1. The summed E-state index contributed by atoms with van der Waals surface area (Å²) in [6.45, 7) is 3.99. The average molecular weight is 233 g/mol. The minimum Gasteiger partial charge on any atom is -0.388 e. The molecule has 16 heavy (non-hydrogen) atoms. The fourth-order valence-electron chi connectivity index (χ4n) is 1.73. The second-order valence-electron chi connectivity index (χ2n) is 3.96. The van der Waals surface area contributed by atoms with Crippen molar-refractivity contribution in [3.63, 3.8) is 0 Å². The van der Waals surface area contributed by atoms with Crippen LogP contribution in [0.1, 0.15) is 27.9 Å². The van der Waals surface area contributed by atoms with Gasteiger partial charge in [-0.1, -0.05) is 24.3 Å². The Morgan fingerprint density at radius 2 is 2.06 bits per heavy atom. The number of aryl methyl sites for hydroxylation is 2. The fourth-order valence-corrected chi connectivity index (χ4v) is 2.54. The third-order valence-corrected chi connectivity index (χ3v) is 3.57. The number of benzene rings is 1. The summed E-state index contributed by atoms with van der Waals surface area (Å²) in [5.74, 6) is 0. The van der Waals surface area contributed by atoms with Crippen molar-refractivity contribution in [2.75, 3.05) is 0 Å². The number of aromatic nitrogens is 1. The van der Waals surface area contributed by atoms with Crippen molar-refractivity contribution in [1.29, 1.82) is 0 Å². The molecular weight excluding hydrogens is 218 g/mol. The third kappa shape index (κ3) is 2.49. The lowest BCUT2D eigenvalue weighted by Crippen LogP contribution is -2.03. The van der Waals surface area contributed by atoms with Crippen molar-refractivity contribution in [2.45, 2.75) is 26.4 Å². The van der Waals surface area contributed by atoms with Gasteiger partial charge >= 0.3 is 0 Å². The molecule has 0 aliphatic carbocycles. The van der Waals surface area contributed by atoms with E-state index in [9.17, 15) is 5.11 Å². The maximum Gasteiger partial charge on any atom is 0.0957 e. The van der Waals surface area contributed by atoms with E-state index in [1.165, 1.54) is 0 Å². The molecule has 2 aromatic rings. The van der Waals surface area contributed by atoms with Crippen LogP contribution in [0.15, 0.2) is 29.6 Å². The molecule has 0 fully saturated rings. The fraction of sp³-hybridized carbons (Fsp3) is 0.308. The van der Waals surface area contributed by atoms with E-state index in [1.54, 1.807) is 11.3 Å². The highest BCUT2D eigenvalue weighted by atomic mass is 32.1. The summed E-state index contributed by atoms with van der Waals surface area (Å²) < 4.78 is 0. The first kappa shape index (κ1) is 11.3. The molecule has 0 saturated heterocycles. The Bertz CT molecular complexity index is 478. The quantitative estimate of drug-likeness (QED) is 0.884. The summed E-state index contributed by atoms with van der Waals surface area (Å²) in [7, 11) is 0. The summed E-state index contributed by atoms with van der Waals surface area (Å²) in [6, 6.07) is 7.93. The first-order chi connectivity index (χ1) is 7.66. The average Bonchev–Trinajstić information content (AvgIpc) is 2.64. The van der Waals surface area contributed by atoms with Gasteiger partial charge in [0.05, 0.1) is 11.1 Å². The molecule has 1 atom stereocenters. The Labute approximate surface area is 99.6 Å². The summed E-state index contributed by atoms with van der Waals surface area (Å²) in [5, 5.41) is 13.1. The van der Waals surface area contributed by atoms with Crippen LogP contribution in [0.3, 0.4) is 0 Å². The van der Waals surface area contributed by atoms with Gasteiger partial charge in [0.2, 0.25) is 0 Å². The standard InChI is InChI=1S/C13H15NOS/c1-9-5-3-4-6-11(9)12(15)7-13-14-10(2)8-16-13/h3-6,8,12,15H,7H2,1-2H3. The second-order valence-corrected chi connectivity index (χ2v) is 4.90. The molecule has 84 valence electrons. The number of rotatable bonds is 3. The Morgan fingerprint density at radius 3 is 2.69 bits per heavy atom. The molecule has 1 heterocycles. The number of thiazole rings is 1. The van der Waals surface area contributed by atoms with Crippen LogP contribution in [-0.4, -0.2) is 10.1 Å². The van der Waals surface area contributed by atoms with Gasteiger partial charge in [0.1, 0.15) is 0 Å². The molecule has 0 aliphatic rings. The summed E-state index contributed by atoms with van der Waals surface area (Å²) in [5.41, 5.74) is 3.15. The Balaban J connectivity index is 2.14. The Hall–Kier alpha value is -1.19. The van der Waals surface area contributed by atoms with Gasteiger partial charge < -0.3 is 5.11 Å². The van der Waals surface area contributed by atoms with E-state index in [2.05, 4.69) is 4.98 Å². The molecule has 0 bridgehead atoms. The molecule has 0 radical (unpaired) electrons. The third-order valence-electron chi connectivity index (χ3n) is 2.58. The smallest absolute Gasteiger partial charge is 0.0957 e. The van der Waals surface area contributed by atoms with E-state index in [1.807, 2.05) is 43.5 Å². The van der Waals surface area contributed by atoms with E-state index >= 15 is 0 Å². The van der Waals surface area contributed by atoms with Gasteiger partial charge in [-0.15, -0.1) is 11.3 Å². The summed E-state index contributed by atoms with van der Waals surface area (Å²) in [6.07, 6.45) is 0.148. The van der Waals surface area contributed by atoms with E-state index in [-0.39, 0.29) is 0 Å². The summed E-state index contributed by atoms with van der Waals surface area (Å²) >= 11 is 1.61. The maximum atomic E-state index is 10.1. The molecule has 0 saturated carbocycles. The zero-order valence-corrected chi connectivity index (χ0v) is 10.3. The van der Waals surface area contributed by atoms with Gasteiger partial charge in [-0.05, 0) is 25.0 Å². The monoisotopic (exact) mass is 233 g/mol. The molecule has 1 unspecified atom stereocenters. The topological polar surface area (TPSA) is 33.1 Å². The molecular formula is C13H15NOS. The van der Waals surface area contributed by atoms with Gasteiger partial charge in [-0.2, -0.15) is 0 Å². The van der Waals surface area contributed by atoms with Crippen LogP contribution in [0.5, 0.6) is 0 Å². The van der Waals surface area contributed by atoms with Crippen LogP contribution in [0.4, 0.5) is 0 Å². The van der Waals surface area contributed by atoms with Crippen LogP contribution in [-0.2, 0) is 6.42 Å². The van der Waals surface area contributed by atoms with Crippen molar-refractivity contribution in [2.24, 2.45) is 0 Å². The molecule has 0 aliphatic heterocycles. The largest absolute Gasteiger partial charge is 0.388 e. The van der Waals surface area contributed by atoms with Crippen molar-refractivity contribution in [3.8, 4) is 0 Å². The molecule has 2 rings (SSSR count). The zero-order valence-electron chi connectivity index (χ0n) is 9.47. The number of nitrogens with zero attached hydrogens (tertiary/aromatic N) is 1. The predicted octanol–water partition coefficient (Wildman–Crippen LogP) is 3.04. The molecule has 0 amide bonds. The normalized spacial score (nSPS) is 12.7. The first-order valence-electron chi connectivity index (χ1n) is 5.31. The van der Waals surface area contributed by atoms with Gasteiger partial charge in [0.15, 0.2) is 0 Å². The van der Waals surface area contributed by atoms with Crippen molar-refractivity contribution in [3.05, 3.63) is 51.5 Å². The lowest BCUT2D eigenvalue weighted by atomic mass is 10.0. The number of hydrogen-bond donors (Lipinski definition) is 1. The molecule has 0 spiro atoms. The maximum absolute atomic E-state index is 10.1. The molecule has 1 N–H and O–H groups in total. The molecule has 2 nitrogen and oxygen atoms in total. The summed E-state index contributed by atoms with van der Waals surface area (Å²) in [4.78, 5) is 4.36. The van der Waals surface area contributed by atoms with Crippen LogP contribution < -0.4 is 0 Å². The van der Waals surface area contributed by atoms with Gasteiger partial charge in [-0.3, -0.25) is 0 Å². The molecule has 1 aromatic carbocycles. The highest BCUT2D eigenvalue weighted by molar-refractivity contribution is 7.09. The highest BCUT2D eigenvalue weighted by Gasteiger charge is 2.12. The van der Waals surface area contributed by atoms with Gasteiger partial charge in [-0.25, -0.2) is 4.98 Å². The van der Waals surface area contributed by atoms with Gasteiger partial charge in [0.25, 0.3) is 0 Å².